The normalized spacial score (nSPS) is 14.2. The Morgan fingerprint density at radius 1 is 0.977 bits per heavy atom. The van der Waals surface area contributed by atoms with Crippen LogP contribution in [0.1, 0.15) is 34.2 Å². The second kappa shape index (κ2) is 12.6. The number of carbonyl (C=O) groups excluding carboxylic acids is 1. The van der Waals surface area contributed by atoms with Gasteiger partial charge in [0.05, 0.1) is 27.0 Å². The Hall–Kier alpha value is -4.55. The third kappa shape index (κ3) is 6.51. The zero-order valence-corrected chi connectivity index (χ0v) is 24.7. The van der Waals surface area contributed by atoms with Gasteiger partial charge >= 0.3 is 0 Å². The van der Waals surface area contributed by atoms with Crippen molar-refractivity contribution in [2.45, 2.75) is 29.8 Å². The van der Waals surface area contributed by atoms with Crippen LogP contribution in [0.25, 0.3) is 10.9 Å². The maximum atomic E-state index is 13.7. The summed E-state index contributed by atoms with van der Waals surface area (Å²) in [5, 5.41) is 0.197. The molecule has 0 bridgehead atoms. The van der Waals surface area contributed by atoms with Crippen LogP contribution in [-0.4, -0.2) is 30.0 Å². The molecule has 44 heavy (non-hydrogen) atoms. The second-order valence-corrected chi connectivity index (χ2v) is 12.8. The van der Waals surface area contributed by atoms with Crippen molar-refractivity contribution in [3.8, 4) is 11.5 Å². The van der Waals surface area contributed by atoms with Crippen molar-refractivity contribution < 1.29 is 31.5 Å². The van der Waals surface area contributed by atoms with Gasteiger partial charge in [0, 0.05) is 35.4 Å². The van der Waals surface area contributed by atoms with Gasteiger partial charge in [-0.05, 0) is 54.1 Å². The van der Waals surface area contributed by atoms with Crippen molar-refractivity contribution in [1.29, 1.82) is 0 Å². The van der Waals surface area contributed by atoms with E-state index in [4.69, 9.17) is 9.47 Å². The molecule has 0 saturated heterocycles. The molecule has 8 nitrogen and oxygen atoms in total. The smallest absolute Gasteiger partial charge is 0.264 e. The summed E-state index contributed by atoms with van der Waals surface area (Å²) in [6.07, 6.45) is 1.65. The Balaban J connectivity index is 1.19. The van der Waals surface area contributed by atoms with Gasteiger partial charge in [-0.3, -0.25) is 9.78 Å². The molecule has 12 heteroatoms. The monoisotopic (exact) mass is 633 g/mol. The number of hydrogen-bond donors (Lipinski definition) is 1. The summed E-state index contributed by atoms with van der Waals surface area (Å²) in [6, 6.07) is 22.4. The summed E-state index contributed by atoms with van der Waals surface area (Å²) in [5.74, 6) is -1.03. The number of hydrogen-bond acceptors (Lipinski definition) is 8. The van der Waals surface area contributed by atoms with Crippen LogP contribution in [0.2, 0.25) is 0 Å². The molecule has 0 aliphatic carbocycles. The Kier molecular flexibility index (Phi) is 8.45. The molecule has 224 valence electrons. The third-order valence-corrected chi connectivity index (χ3v) is 9.60. The minimum Gasteiger partial charge on any atom is -0.487 e. The first-order valence-corrected chi connectivity index (χ1v) is 16.1. The van der Waals surface area contributed by atoms with Crippen LogP contribution in [0.3, 0.4) is 0 Å². The van der Waals surface area contributed by atoms with Gasteiger partial charge in [0.15, 0.2) is 11.6 Å². The molecule has 1 unspecified atom stereocenters. The number of ether oxygens (including phenoxy) is 2. The third-order valence-electron chi connectivity index (χ3n) is 6.93. The highest BCUT2D eigenvalue weighted by atomic mass is 32.2. The van der Waals surface area contributed by atoms with E-state index < -0.39 is 27.6 Å². The van der Waals surface area contributed by atoms with E-state index >= 15 is 0 Å². The zero-order valence-electron chi connectivity index (χ0n) is 23.1. The van der Waals surface area contributed by atoms with Crippen molar-refractivity contribution >= 4 is 38.6 Å². The highest BCUT2D eigenvalue weighted by molar-refractivity contribution is 7.99. The number of nitrogens with zero attached hydrogens (tertiary/aromatic N) is 2. The molecule has 1 atom stereocenters. The molecule has 1 aliphatic rings. The zero-order chi connectivity index (χ0) is 30.7. The number of thioether (sulfide) groups is 1. The van der Waals surface area contributed by atoms with Gasteiger partial charge in [-0.1, -0.05) is 30.3 Å². The van der Waals surface area contributed by atoms with Crippen LogP contribution in [-0.2, 0) is 28.0 Å². The Morgan fingerprint density at radius 3 is 2.64 bits per heavy atom. The van der Waals surface area contributed by atoms with E-state index in [1.165, 1.54) is 23.9 Å². The van der Waals surface area contributed by atoms with E-state index in [-0.39, 0.29) is 29.8 Å². The molecule has 0 radical (unpaired) electrons. The van der Waals surface area contributed by atoms with Crippen LogP contribution in [0, 0.1) is 11.6 Å². The Labute approximate surface area is 256 Å². The molecule has 1 aliphatic heterocycles. The number of fused-ring (bicyclic) bond motifs is 3. The average molecular weight is 634 g/mol. The summed E-state index contributed by atoms with van der Waals surface area (Å²) in [4.78, 5) is 21.5. The first-order chi connectivity index (χ1) is 21.3. The lowest BCUT2D eigenvalue weighted by Crippen LogP contribution is -2.30. The molecule has 2 aromatic heterocycles. The summed E-state index contributed by atoms with van der Waals surface area (Å²) < 4.78 is 66.7. The SMILES string of the molecule is O=C(CCSC1c2cc(OCc3ccc4cc(F)c(F)cc4n3)ccc2OCc2ncccc21)NS(=O)(=O)c1ccccc1. The van der Waals surface area contributed by atoms with Gasteiger partial charge in [0.25, 0.3) is 10.0 Å². The highest BCUT2D eigenvalue weighted by Gasteiger charge is 2.27. The minimum absolute atomic E-state index is 0.0170. The Bertz CT molecular complexity index is 1960. The van der Waals surface area contributed by atoms with Gasteiger partial charge in [0.1, 0.15) is 24.7 Å². The summed E-state index contributed by atoms with van der Waals surface area (Å²) in [5.41, 5.74) is 3.33. The van der Waals surface area contributed by atoms with Crippen LogP contribution >= 0.6 is 11.8 Å². The summed E-state index contributed by atoms with van der Waals surface area (Å²) in [6.45, 7) is 0.342. The molecule has 3 heterocycles. The fraction of sp³-hybridized carbons (Fsp3) is 0.156. The van der Waals surface area contributed by atoms with Gasteiger partial charge in [0.2, 0.25) is 5.91 Å². The largest absolute Gasteiger partial charge is 0.487 e. The van der Waals surface area contributed by atoms with Crippen molar-refractivity contribution in [2.75, 3.05) is 5.75 Å². The van der Waals surface area contributed by atoms with E-state index in [0.29, 0.717) is 33.8 Å². The van der Waals surface area contributed by atoms with E-state index in [9.17, 15) is 22.0 Å². The number of amides is 1. The van der Waals surface area contributed by atoms with Crippen LogP contribution < -0.4 is 14.2 Å². The molecular formula is C32H25F2N3O5S2. The second-order valence-electron chi connectivity index (χ2n) is 9.92. The van der Waals surface area contributed by atoms with Crippen LogP contribution in [0.5, 0.6) is 11.5 Å². The van der Waals surface area contributed by atoms with Crippen molar-refractivity contribution in [2.24, 2.45) is 0 Å². The lowest BCUT2D eigenvalue weighted by atomic mass is 10.0. The quantitative estimate of drug-likeness (QED) is 0.208. The van der Waals surface area contributed by atoms with Crippen LogP contribution in [0.4, 0.5) is 8.78 Å². The molecule has 1 N–H and O–H groups in total. The molecule has 5 aromatic rings. The van der Waals surface area contributed by atoms with E-state index in [2.05, 4.69) is 14.7 Å². The topological polar surface area (TPSA) is 107 Å². The molecule has 0 spiro atoms. The number of nitrogens with one attached hydrogen (secondary N) is 1. The predicted octanol–water partition coefficient (Wildman–Crippen LogP) is 6.10. The van der Waals surface area contributed by atoms with Crippen molar-refractivity contribution in [3.63, 3.8) is 0 Å². The highest BCUT2D eigenvalue weighted by Crippen LogP contribution is 2.45. The minimum atomic E-state index is -3.96. The maximum absolute atomic E-state index is 13.7. The number of pyridine rings is 2. The number of halogens is 2. The number of sulfonamides is 1. The predicted molar refractivity (Wildman–Crippen MR) is 162 cm³/mol. The van der Waals surface area contributed by atoms with Gasteiger partial charge in [-0.15, -0.1) is 11.8 Å². The van der Waals surface area contributed by atoms with Gasteiger partial charge in [-0.25, -0.2) is 26.9 Å². The average Bonchev–Trinajstić information content (AvgIpc) is 3.17. The molecule has 6 rings (SSSR count). The van der Waals surface area contributed by atoms with E-state index in [1.807, 2.05) is 18.2 Å². The molecule has 1 amide bonds. The van der Waals surface area contributed by atoms with Gasteiger partial charge in [-0.2, -0.15) is 0 Å². The maximum Gasteiger partial charge on any atom is 0.264 e. The summed E-state index contributed by atoms with van der Waals surface area (Å²) in [7, 11) is -3.96. The van der Waals surface area contributed by atoms with E-state index in [1.54, 1.807) is 48.7 Å². The summed E-state index contributed by atoms with van der Waals surface area (Å²) >= 11 is 1.46. The fourth-order valence-electron chi connectivity index (χ4n) is 4.78. The first kappa shape index (κ1) is 29.5. The molecule has 3 aromatic carbocycles. The number of carbonyl (C=O) groups is 1. The number of rotatable bonds is 9. The lowest BCUT2D eigenvalue weighted by molar-refractivity contribution is -0.118. The standard InChI is InChI=1S/C32H25F2N3O5S2/c33-26-15-20-8-9-21(36-28(20)17-27(26)34)18-41-22-10-11-30-25(16-22)32(24-7-4-13-35-29(24)19-42-30)43-14-12-31(38)37-44(39,40)23-5-2-1-3-6-23/h1-11,13,15-17,32H,12,14,18-19H2,(H,37,38). The van der Waals surface area contributed by atoms with E-state index in [0.717, 1.165) is 29.0 Å². The van der Waals surface area contributed by atoms with Gasteiger partial charge < -0.3 is 9.47 Å². The molecule has 0 fully saturated rings. The molecular weight excluding hydrogens is 608 g/mol. The first-order valence-electron chi connectivity index (χ1n) is 13.6. The van der Waals surface area contributed by atoms with Crippen molar-refractivity contribution in [1.82, 2.24) is 14.7 Å². The fourth-order valence-corrected chi connectivity index (χ4v) is 7.11. The van der Waals surface area contributed by atoms with Crippen molar-refractivity contribution in [3.05, 3.63) is 125 Å². The lowest BCUT2D eigenvalue weighted by Gasteiger charge is -2.19. The Morgan fingerprint density at radius 2 is 1.80 bits per heavy atom. The number of aromatic nitrogens is 2. The molecule has 0 saturated carbocycles. The number of benzene rings is 3. The van der Waals surface area contributed by atoms with Crippen LogP contribution in [0.15, 0.2) is 96.0 Å².